The van der Waals surface area contributed by atoms with Crippen LogP contribution in [0.5, 0.6) is 0 Å². The molecule has 0 unspecified atom stereocenters. The molecule has 1 saturated carbocycles. The molecule has 1 aliphatic carbocycles. The maximum absolute atomic E-state index is 11.7. The van der Waals surface area contributed by atoms with Crippen molar-refractivity contribution < 1.29 is 9.53 Å². The number of ether oxygens (including phenoxy) is 1. The number of carbonyl (C=O) groups excluding carboxylic acids is 1. The van der Waals surface area contributed by atoms with Gasteiger partial charge in [0.2, 0.25) is 5.91 Å². The number of hydrogen-bond donors (Lipinski definition) is 2. The van der Waals surface area contributed by atoms with Gasteiger partial charge in [-0.1, -0.05) is 6.42 Å². The Balaban J connectivity index is 1.81. The summed E-state index contributed by atoms with van der Waals surface area (Å²) in [6, 6.07) is 7.77. The molecule has 0 radical (unpaired) electrons. The van der Waals surface area contributed by atoms with E-state index in [2.05, 4.69) is 10.6 Å². The van der Waals surface area contributed by atoms with Gasteiger partial charge in [0.1, 0.15) is 0 Å². The van der Waals surface area contributed by atoms with Crippen LogP contribution in [0.2, 0.25) is 0 Å². The molecule has 2 N–H and O–H groups in total. The maximum Gasteiger partial charge on any atom is 0.227 e. The molecular formula is C14H20N2O2. The smallest absolute Gasteiger partial charge is 0.227 e. The summed E-state index contributed by atoms with van der Waals surface area (Å²) in [4.78, 5) is 11.7. The summed E-state index contributed by atoms with van der Waals surface area (Å²) in [5.74, 6) is 0.380. The van der Waals surface area contributed by atoms with E-state index in [-0.39, 0.29) is 11.8 Å². The normalized spacial score (nSPS) is 14.9. The third-order valence-corrected chi connectivity index (χ3v) is 3.26. The van der Waals surface area contributed by atoms with Crippen molar-refractivity contribution in [2.75, 3.05) is 30.9 Å². The van der Waals surface area contributed by atoms with Crippen LogP contribution in [0.25, 0.3) is 0 Å². The quantitative estimate of drug-likeness (QED) is 0.760. The fourth-order valence-electron chi connectivity index (χ4n) is 1.88. The van der Waals surface area contributed by atoms with Gasteiger partial charge in [-0.05, 0) is 37.1 Å². The van der Waals surface area contributed by atoms with Gasteiger partial charge >= 0.3 is 0 Å². The van der Waals surface area contributed by atoms with Gasteiger partial charge in [0.05, 0.1) is 6.61 Å². The lowest BCUT2D eigenvalue weighted by molar-refractivity contribution is -0.122. The highest BCUT2D eigenvalue weighted by Crippen LogP contribution is 2.27. The Bertz CT molecular complexity index is 385. The van der Waals surface area contributed by atoms with Crippen LogP contribution >= 0.6 is 0 Å². The number of anilines is 2. The summed E-state index contributed by atoms with van der Waals surface area (Å²) in [5, 5.41) is 6.18. The van der Waals surface area contributed by atoms with Gasteiger partial charge in [0, 0.05) is 30.9 Å². The zero-order chi connectivity index (χ0) is 12.8. The number of hydrogen-bond acceptors (Lipinski definition) is 3. The molecule has 0 aliphatic heterocycles. The molecule has 2 rings (SSSR count). The van der Waals surface area contributed by atoms with Crippen LogP contribution in [0, 0.1) is 5.92 Å². The Hall–Kier alpha value is -1.55. The zero-order valence-electron chi connectivity index (χ0n) is 10.7. The highest BCUT2D eigenvalue weighted by atomic mass is 16.5. The van der Waals surface area contributed by atoms with E-state index in [1.807, 2.05) is 24.3 Å². The SMILES string of the molecule is COCCNc1ccc(NC(=O)C2CCC2)cc1. The fraction of sp³-hybridized carbons (Fsp3) is 0.500. The molecule has 18 heavy (non-hydrogen) atoms. The van der Waals surface area contributed by atoms with E-state index in [1.54, 1.807) is 7.11 Å². The van der Waals surface area contributed by atoms with Gasteiger partial charge in [-0.25, -0.2) is 0 Å². The predicted molar refractivity (Wildman–Crippen MR) is 72.8 cm³/mol. The summed E-state index contributed by atoms with van der Waals surface area (Å²) in [5.41, 5.74) is 1.90. The fourth-order valence-corrected chi connectivity index (χ4v) is 1.88. The first-order valence-corrected chi connectivity index (χ1v) is 6.43. The van der Waals surface area contributed by atoms with Gasteiger partial charge in [-0.2, -0.15) is 0 Å². The van der Waals surface area contributed by atoms with Crippen molar-refractivity contribution in [3.05, 3.63) is 24.3 Å². The van der Waals surface area contributed by atoms with E-state index in [9.17, 15) is 4.79 Å². The van der Waals surface area contributed by atoms with E-state index in [0.29, 0.717) is 6.61 Å². The molecule has 4 heteroatoms. The molecule has 1 amide bonds. The molecule has 4 nitrogen and oxygen atoms in total. The topological polar surface area (TPSA) is 50.4 Å². The van der Waals surface area contributed by atoms with Crippen molar-refractivity contribution in [3.63, 3.8) is 0 Å². The Morgan fingerprint density at radius 2 is 1.94 bits per heavy atom. The number of carbonyl (C=O) groups is 1. The Morgan fingerprint density at radius 1 is 1.28 bits per heavy atom. The van der Waals surface area contributed by atoms with Crippen molar-refractivity contribution >= 4 is 17.3 Å². The monoisotopic (exact) mass is 248 g/mol. The van der Waals surface area contributed by atoms with Crippen LogP contribution in [-0.4, -0.2) is 26.2 Å². The van der Waals surface area contributed by atoms with E-state index < -0.39 is 0 Å². The molecule has 0 spiro atoms. The first kappa shape index (κ1) is 12.9. The van der Waals surface area contributed by atoms with Crippen LogP contribution in [0.15, 0.2) is 24.3 Å². The van der Waals surface area contributed by atoms with Crippen molar-refractivity contribution in [1.29, 1.82) is 0 Å². The van der Waals surface area contributed by atoms with Gasteiger partial charge in [0.25, 0.3) is 0 Å². The van der Waals surface area contributed by atoms with E-state index >= 15 is 0 Å². The molecule has 0 heterocycles. The van der Waals surface area contributed by atoms with E-state index in [4.69, 9.17) is 4.74 Å². The predicted octanol–water partition coefficient (Wildman–Crippen LogP) is 2.48. The first-order valence-electron chi connectivity index (χ1n) is 6.43. The molecule has 98 valence electrons. The third kappa shape index (κ3) is 3.47. The number of amides is 1. The van der Waals surface area contributed by atoms with Crippen molar-refractivity contribution in [3.8, 4) is 0 Å². The van der Waals surface area contributed by atoms with Crippen LogP contribution in [0.3, 0.4) is 0 Å². The van der Waals surface area contributed by atoms with Crippen LogP contribution < -0.4 is 10.6 Å². The largest absolute Gasteiger partial charge is 0.383 e. The molecule has 0 saturated heterocycles. The molecule has 1 aliphatic rings. The molecule has 1 aromatic carbocycles. The molecule has 1 aromatic rings. The minimum absolute atomic E-state index is 0.154. The molecule has 0 atom stereocenters. The Morgan fingerprint density at radius 3 is 2.50 bits per heavy atom. The molecular weight excluding hydrogens is 228 g/mol. The number of methoxy groups -OCH3 is 1. The lowest BCUT2D eigenvalue weighted by atomic mass is 9.85. The van der Waals surface area contributed by atoms with Crippen molar-refractivity contribution in [2.24, 2.45) is 5.92 Å². The average molecular weight is 248 g/mol. The van der Waals surface area contributed by atoms with E-state index in [0.717, 1.165) is 30.8 Å². The lowest BCUT2D eigenvalue weighted by Gasteiger charge is -2.24. The van der Waals surface area contributed by atoms with Crippen LogP contribution in [0.1, 0.15) is 19.3 Å². The lowest BCUT2D eigenvalue weighted by Crippen LogP contribution is -2.27. The van der Waals surface area contributed by atoms with Crippen molar-refractivity contribution in [1.82, 2.24) is 0 Å². The molecule has 1 fully saturated rings. The molecule has 0 bridgehead atoms. The first-order chi connectivity index (χ1) is 8.79. The van der Waals surface area contributed by atoms with Gasteiger partial charge < -0.3 is 15.4 Å². The second-order valence-electron chi connectivity index (χ2n) is 4.61. The van der Waals surface area contributed by atoms with E-state index in [1.165, 1.54) is 6.42 Å². The summed E-state index contributed by atoms with van der Waals surface area (Å²) in [7, 11) is 1.68. The minimum Gasteiger partial charge on any atom is -0.383 e. The standard InChI is InChI=1S/C14H20N2O2/c1-18-10-9-15-12-5-7-13(8-6-12)16-14(17)11-3-2-4-11/h5-8,11,15H,2-4,9-10H2,1H3,(H,16,17). The van der Waals surface area contributed by atoms with Crippen LogP contribution in [0.4, 0.5) is 11.4 Å². The summed E-state index contributed by atoms with van der Waals surface area (Å²) >= 11 is 0. The van der Waals surface area contributed by atoms with Gasteiger partial charge in [0.15, 0.2) is 0 Å². The number of nitrogens with one attached hydrogen (secondary N) is 2. The highest BCUT2D eigenvalue weighted by Gasteiger charge is 2.24. The minimum atomic E-state index is 0.154. The second-order valence-corrected chi connectivity index (χ2v) is 4.61. The second kappa shape index (κ2) is 6.40. The number of rotatable bonds is 6. The van der Waals surface area contributed by atoms with Crippen molar-refractivity contribution in [2.45, 2.75) is 19.3 Å². The number of benzene rings is 1. The highest BCUT2D eigenvalue weighted by molar-refractivity contribution is 5.93. The Labute approximate surface area is 108 Å². The summed E-state index contributed by atoms with van der Waals surface area (Å²) in [6.07, 6.45) is 3.24. The zero-order valence-corrected chi connectivity index (χ0v) is 10.7. The third-order valence-electron chi connectivity index (χ3n) is 3.26. The van der Waals surface area contributed by atoms with Gasteiger partial charge in [-0.15, -0.1) is 0 Å². The van der Waals surface area contributed by atoms with Crippen LogP contribution in [-0.2, 0) is 9.53 Å². The summed E-state index contributed by atoms with van der Waals surface area (Å²) in [6.45, 7) is 1.46. The molecule has 0 aromatic heterocycles. The Kier molecular flexibility index (Phi) is 4.59. The maximum atomic E-state index is 11.7. The van der Waals surface area contributed by atoms with Gasteiger partial charge in [-0.3, -0.25) is 4.79 Å². The average Bonchev–Trinajstić information content (AvgIpc) is 2.29. The summed E-state index contributed by atoms with van der Waals surface area (Å²) < 4.78 is 4.97.